The van der Waals surface area contributed by atoms with Crippen LogP contribution >= 0.6 is 0 Å². The largest absolute Gasteiger partial charge is 0.485 e. The van der Waals surface area contributed by atoms with Gasteiger partial charge in [-0.3, -0.25) is 9.20 Å². The lowest BCUT2D eigenvalue weighted by Gasteiger charge is -2.43. The van der Waals surface area contributed by atoms with E-state index >= 15 is 0 Å². The molecule has 2 aromatic carbocycles. The van der Waals surface area contributed by atoms with Gasteiger partial charge < -0.3 is 18.9 Å². The predicted molar refractivity (Wildman–Crippen MR) is 145 cm³/mol. The second kappa shape index (κ2) is 11.0. The average molecular weight is 565 g/mol. The zero-order valence-electron chi connectivity index (χ0n) is 23.2. The number of nitrogens with zero attached hydrogens (tertiary/aromatic N) is 2. The molecule has 2 aromatic heterocycles. The molecule has 0 unspecified atom stereocenters. The molecule has 3 heterocycles. The SMILES string of the molecule is COC(=O)c1cccc(C2(CC(=O)c3c(C)nc4c(OCc5c(F)cccc5F)cccn34)COC(C)(C)OC2)c1. The highest BCUT2D eigenvalue weighted by Crippen LogP contribution is 2.38. The fraction of sp³-hybridized carbons (Fsp3) is 0.323. The summed E-state index contributed by atoms with van der Waals surface area (Å²) in [5.41, 5.74) is 1.07. The third kappa shape index (κ3) is 5.57. The van der Waals surface area contributed by atoms with Crippen LogP contribution in [0.4, 0.5) is 8.78 Å². The second-order valence-corrected chi connectivity index (χ2v) is 10.5. The number of pyridine rings is 1. The van der Waals surface area contributed by atoms with E-state index in [0.717, 1.165) is 12.1 Å². The molecule has 10 heteroatoms. The van der Waals surface area contributed by atoms with Gasteiger partial charge in [-0.25, -0.2) is 18.6 Å². The molecule has 41 heavy (non-hydrogen) atoms. The summed E-state index contributed by atoms with van der Waals surface area (Å²) in [7, 11) is 1.31. The van der Waals surface area contributed by atoms with E-state index < -0.39 is 28.8 Å². The van der Waals surface area contributed by atoms with Gasteiger partial charge in [0.25, 0.3) is 0 Å². The minimum Gasteiger partial charge on any atom is -0.485 e. The summed E-state index contributed by atoms with van der Waals surface area (Å²) < 4.78 is 52.6. The molecule has 0 atom stereocenters. The smallest absolute Gasteiger partial charge is 0.337 e. The van der Waals surface area contributed by atoms with Crippen molar-refractivity contribution < 1.29 is 37.3 Å². The number of hydrogen-bond acceptors (Lipinski definition) is 7. The van der Waals surface area contributed by atoms with Crippen molar-refractivity contribution in [1.29, 1.82) is 0 Å². The number of carbonyl (C=O) groups excluding carboxylic acids is 2. The van der Waals surface area contributed by atoms with Crippen LogP contribution in [0.2, 0.25) is 0 Å². The number of rotatable bonds is 8. The van der Waals surface area contributed by atoms with Crippen molar-refractivity contribution >= 4 is 17.4 Å². The molecule has 1 fully saturated rings. The van der Waals surface area contributed by atoms with Crippen LogP contribution in [-0.4, -0.2) is 47.2 Å². The van der Waals surface area contributed by atoms with Crippen molar-refractivity contribution in [3.8, 4) is 5.75 Å². The summed E-state index contributed by atoms with van der Waals surface area (Å²) in [5.74, 6) is -2.73. The van der Waals surface area contributed by atoms with Gasteiger partial charge in [0.05, 0.1) is 37.1 Å². The second-order valence-electron chi connectivity index (χ2n) is 10.5. The summed E-state index contributed by atoms with van der Waals surface area (Å²) in [5, 5.41) is 0. The van der Waals surface area contributed by atoms with Gasteiger partial charge in [-0.2, -0.15) is 0 Å². The predicted octanol–water partition coefficient (Wildman–Crippen LogP) is 5.58. The van der Waals surface area contributed by atoms with E-state index in [0.29, 0.717) is 28.2 Å². The minimum atomic E-state index is -0.899. The monoisotopic (exact) mass is 564 g/mol. The van der Waals surface area contributed by atoms with Crippen LogP contribution < -0.4 is 4.74 Å². The van der Waals surface area contributed by atoms with Gasteiger partial charge in [-0.15, -0.1) is 0 Å². The molecule has 0 saturated carbocycles. The lowest BCUT2D eigenvalue weighted by atomic mass is 9.76. The maximum Gasteiger partial charge on any atom is 0.337 e. The molecule has 0 bridgehead atoms. The molecule has 1 saturated heterocycles. The Morgan fingerprint density at radius 2 is 1.71 bits per heavy atom. The number of fused-ring (bicyclic) bond motifs is 1. The molecule has 0 aliphatic carbocycles. The number of esters is 1. The van der Waals surface area contributed by atoms with Crippen molar-refractivity contribution in [2.45, 2.75) is 45.0 Å². The van der Waals surface area contributed by atoms with Gasteiger partial charge >= 0.3 is 5.97 Å². The van der Waals surface area contributed by atoms with E-state index in [4.69, 9.17) is 18.9 Å². The third-order valence-corrected chi connectivity index (χ3v) is 7.27. The van der Waals surface area contributed by atoms with Crippen molar-refractivity contribution in [2.24, 2.45) is 0 Å². The first-order valence-electron chi connectivity index (χ1n) is 13.1. The van der Waals surface area contributed by atoms with Crippen molar-refractivity contribution in [3.05, 3.63) is 101 Å². The number of imidazole rings is 1. The number of aryl methyl sites for hydroxylation is 1. The fourth-order valence-corrected chi connectivity index (χ4v) is 4.99. The fourth-order valence-electron chi connectivity index (χ4n) is 4.99. The number of ether oxygens (including phenoxy) is 4. The molecular weight excluding hydrogens is 534 g/mol. The van der Waals surface area contributed by atoms with Crippen molar-refractivity contribution in [1.82, 2.24) is 9.38 Å². The highest BCUT2D eigenvalue weighted by Gasteiger charge is 2.44. The molecule has 4 aromatic rings. The Morgan fingerprint density at radius 1 is 1.02 bits per heavy atom. The third-order valence-electron chi connectivity index (χ3n) is 7.27. The highest BCUT2D eigenvalue weighted by atomic mass is 19.1. The zero-order chi connectivity index (χ0) is 29.4. The zero-order valence-corrected chi connectivity index (χ0v) is 23.2. The van der Waals surface area contributed by atoms with E-state index in [1.807, 2.05) is 6.07 Å². The van der Waals surface area contributed by atoms with Gasteiger partial charge in [0.15, 0.2) is 23.0 Å². The molecule has 8 nitrogen and oxygen atoms in total. The molecule has 0 radical (unpaired) electrons. The average Bonchev–Trinajstić information content (AvgIpc) is 3.30. The van der Waals surface area contributed by atoms with Gasteiger partial charge in [-0.1, -0.05) is 18.2 Å². The van der Waals surface area contributed by atoms with Crippen molar-refractivity contribution in [2.75, 3.05) is 20.3 Å². The molecule has 214 valence electrons. The Kier molecular flexibility index (Phi) is 7.63. The van der Waals surface area contributed by atoms with Crippen LogP contribution in [0.25, 0.3) is 5.65 Å². The van der Waals surface area contributed by atoms with Crippen LogP contribution in [0, 0.1) is 18.6 Å². The van der Waals surface area contributed by atoms with Crippen LogP contribution in [0.15, 0.2) is 60.8 Å². The molecule has 1 aliphatic rings. The number of ketones is 1. The maximum absolute atomic E-state index is 14.1. The number of benzene rings is 2. The van der Waals surface area contributed by atoms with Gasteiger partial charge in [0.2, 0.25) is 0 Å². The quantitative estimate of drug-likeness (QED) is 0.204. The summed E-state index contributed by atoms with van der Waals surface area (Å²) >= 11 is 0. The molecule has 0 N–H and O–H groups in total. The number of carbonyl (C=O) groups is 2. The van der Waals surface area contributed by atoms with Gasteiger partial charge in [0, 0.05) is 18.0 Å². The number of Topliss-reactive ketones (excluding diaryl/α,β-unsaturated/α-hetero) is 1. The summed E-state index contributed by atoms with van der Waals surface area (Å²) in [6, 6.07) is 13.8. The number of halogens is 2. The lowest BCUT2D eigenvalue weighted by molar-refractivity contribution is -0.269. The lowest BCUT2D eigenvalue weighted by Crippen LogP contribution is -2.50. The van der Waals surface area contributed by atoms with E-state index in [1.165, 1.54) is 13.2 Å². The van der Waals surface area contributed by atoms with Gasteiger partial charge in [-0.05, 0) is 62.7 Å². The van der Waals surface area contributed by atoms with Gasteiger partial charge in [0.1, 0.15) is 23.9 Å². The molecule has 0 spiro atoms. The van der Waals surface area contributed by atoms with Crippen LogP contribution in [-0.2, 0) is 26.2 Å². The van der Waals surface area contributed by atoms with E-state index in [-0.39, 0.29) is 43.3 Å². The number of methoxy groups -OCH3 is 1. The van der Waals surface area contributed by atoms with Crippen LogP contribution in [0.5, 0.6) is 5.75 Å². The Labute approximate surface area is 235 Å². The first-order valence-corrected chi connectivity index (χ1v) is 13.1. The topological polar surface area (TPSA) is 88.4 Å². The van der Waals surface area contributed by atoms with E-state index in [9.17, 15) is 18.4 Å². The minimum absolute atomic E-state index is 0.00609. The number of aromatic nitrogens is 2. The van der Waals surface area contributed by atoms with Crippen LogP contribution in [0.3, 0.4) is 0 Å². The van der Waals surface area contributed by atoms with E-state index in [2.05, 4.69) is 4.98 Å². The summed E-state index contributed by atoms with van der Waals surface area (Å²) in [6.45, 7) is 5.31. The van der Waals surface area contributed by atoms with Crippen LogP contribution in [0.1, 0.15) is 57.9 Å². The standard InChI is InChI=1S/C31H30F2N2O6/c1-19-27(35-13-7-12-26(28(35)34-19)39-16-22-23(32)10-6-11-24(22)33)25(36)15-31(17-40-30(2,3)41-18-31)21-9-5-8-20(14-21)29(37)38-4/h5-14H,15-18H2,1-4H3. The molecule has 1 aliphatic heterocycles. The number of hydrogen-bond donors (Lipinski definition) is 0. The highest BCUT2D eigenvalue weighted by molar-refractivity contribution is 5.98. The molecule has 0 amide bonds. The Hall–Kier alpha value is -4.15. The first kappa shape index (κ1) is 28.4. The normalized spacial score (nSPS) is 16.0. The first-order chi connectivity index (χ1) is 19.5. The maximum atomic E-state index is 14.1. The molecular formula is C31H30F2N2O6. The summed E-state index contributed by atoms with van der Waals surface area (Å²) in [4.78, 5) is 30.8. The Bertz CT molecular complexity index is 1600. The van der Waals surface area contributed by atoms with Crippen molar-refractivity contribution in [3.63, 3.8) is 0 Å². The Balaban J connectivity index is 1.48. The Morgan fingerprint density at radius 3 is 2.39 bits per heavy atom. The van der Waals surface area contributed by atoms with E-state index in [1.54, 1.807) is 61.7 Å². The summed E-state index contributed by atoms with van der Waals surface area (Å²) in [6.07, 6.45) is 1.68. The molecule has 5 rings (SSSR count).